The van der Waals surface area contributed by atoms with Crippen molar-refractivity contribution in [2.24, 2.45) is 0 Å². The van der Waals surface area contributed by atoms with E-state index in [9.17, 15) is 9.59 Å². The highest BCUT2D eigenvalue weighted by Crippen LogP contribution is 2.11. The predicted octanol–water partition coefficient (Wildman–Crippen LogP) is 2.83. The molecule has 0 fully saturated rings. The predicted molar refractivity (Wildman–Crippen MR) is 87.5 cm³/mol. The van der Waals surface area contributed by atoms with Gasteiger partial charge in [-0.25, -0.2) is 9.64 Å². The van der Waals surface area contributed by atoms with Gasteiger partial charge in [0.1, 0.15) is 36.4 Å². The average Bonchev–Trinajstić information content (AvgIpc) is 3.34. The lowest BCUT2D eigenvalue weighted by molar-refractivity contribution is -0.146. The number of furan rings is 2. The summed E-state index contributed by atoms with van der Waals surface area (Å²) in [6.45, 7) is 6.45. The SMILES string of the molecule is [C-]#[N+]C(=Cc1ccco1)C(=O)OCCOC(=O)C(C#N)=Cc1ccco1. The number of rotatable bonds is 7. The van der Waals surface area contributed by atoms with Crippen molar-refractivity contribution in [2.75, 3.05) is 13.2 Å². The van der Waals surface area contributed by atoms with E-state index in [0.717, 1.165) is 0 Å². The van der Waals surface area contributed by atoms with Crippen molar-refractivity contribution in [3.63, 3.8) is 0 Å². The maximum absolute atomic E-state index is 11.8. The summed E-state index contributed by atoms with van der Waals surface area (Å²) < 4.78 is 19.7. The van der Waals surface area contributed by atoms with Gasteiger partial charge in [0.2, 0.25) is 0 Å². The second kappa shape index (κ2) is 9.30. The number of carbonyl (C=O) groups excluding carboxylic acids is 2. The van der Waals surface area contributed by atoms with Gasteiger partial charge >= 0.3 is 11.9 Å². The molecule has 2 aromatic rings. The van der Waals surface area contributed by atoms with Crippen LogP contribution in [-0.4, -0.2) is 25.2 Å². The summed E-state index contributed by atoms with van der Waals surface area (Å²) in [4.78, 5) is 26.6. The number of esters is 2. The van der Waals surface area contributed by atoms with E-state index < -0.39 is 11.9 Å². The molecule has 0 unspecified atom stereocenters. The van der Waals surface area contributed by atoms with E-state index in [4.69, 9.17) is 30.1 Å². The smallest absolute Gasteiger partial charge is 0.349 e. The van der Waals surface area contributed by atoms with E-state index >= 15 is 0 Å². The van der Waals surface area contributed by atoms with E-state index in [1.165, 1.54) is 24.7 Å². The number of nitrogens with zero attached hydrogens (tertiary/aromatic N) is 2. The second-order valence-electron chi connectivity index (χ2n) is 4.61. The molecule has 130 valence electrons. The van der Waals surface area contributed by atoms with Crippen molar-refractivity contribution in [1.29, 1.82) is 5.26 Å². The first-order valence-electron chi connectivity index (χ1n) is 7.26. The van der Waals surface area contributed by atoms with Crippen LogP contribution in [0.2, 0.25) is 0 Å². The van der Waals surface area contributed by atoms with Crippen molar-refractivity contribution in [3.05, 3.63) is 71.0 Å². The first-order chi connectivity index (χ1) is 12.6. The highest BCUT2D eigenvalue weighted by molar-refractivity contribution is 5.97. The third kappa shape index (κ3) is 5.25. The Labute approximate surface area is 148 Å². The molecule has 0 aliphatic heterocycles. The van der Waals surface area contributed by atoms with E-state index in [-0.39, 0.29) is 24.5 Å². The highest BCUT2D eigenvalue weighted by atomic mass is 16.6. The molecule has 26 heavy (non-hydrogen) atoms. The van der Waals surface area contributed by atoms with Gasteiger partial charge in [-0.1, -0.05) is 0 Å². The standard InChI is InChI=1S/C18H12N2O6/c1-20-16(11-15-5-3-7-24-15)18(22)26-9-8-25-17(21)13(12-19)10-14-4-2-6-23-14/h2-7,10-11H,8-9H2. The Morgan fingerprint density at radius 1 is 1.08 bits per heavy atom. The minimum Gasteiger partial charge on any atom is -0.467 e. The van der Waals surface area contributed by atoms with Gasteiger partial charge in [0.25, 0.3) is 5.70 Å². The van der Waals surface area contributed by atoms with E-state index in [1.54, 1.807) is 30.3 Å². The number of carbonyl (C=O) groups is 2. The van der Waals surface area contributed by atoms with Crippen LogP contribution in [0.15, 0.2) is 56.9 Å². The zero-order valence-electron chi connectivity index (χ0n) is 13.4. The van der Waals surface area contributed by atoms with Crippen LogP contribution in [0.5, 0.6) is 0 Å². The summed E-state index contributed by atoms with van der Waals surface area (Å²) in [5.74, 6) is -1.09. The molecule has 8 heteroatoms. The third-order valence-corrected chi connectivity index (χ3v) is 2.87. The van der Waals surface area contributed by atoms with Gasteiger partial charge in [-0.2, -0.15) is 5.26 Å². The third-order valence-electron chi connectivity index (χ3n) is 2.87. The van der Waals surface area contributed by atoms with Gasteiger partial charge in [0.05, 0.1) is 19.1 Å². The second-order valence-corrected chi connectivity index (χ2v) is 4.61. The fourth-order valence-corrected chi connectivity index (χ4v) is 1.72. The number of ether oxygens (including phenoxy) is 2. The topological polar surface area (TPSA) is 107 Å². The molecule has 2 aromatic heterocycles. The molecule has 0 bridgehead atoms. The van der Waals surface area contributed by atoms with Crippen LogP contribution in [-0.2, 0) is 19.1 Å². The monoisotopic (exact) mass is 352 g/mol. The minimum absolute atomic E-state index is 0.258. The molecule has 0 saturated heterocycles. The quantitative estimate of drug-likeness (QED) is 0.248. The molecule has 0 N–H and O–H groups in total. The zero-order chi connectivity index (χ0) is 18.8. The van der Waals surface area contributed by atoms with E-state index in [1.807, 2.05) is 0 Å². The van der Waals surface area contributed by atoms with Crippen molar-refractivity contribution in [3.8, 4) is 6.07 Å². The van der Waals surface area contributed by atoms with Gasteiger partial charge in [-0.3, -0.25) is 4.79 Å². The first kappa shape index (κ1) is 18.3. The first-order valence-corrected chi connectivity index (χ1v) is 7.26. The average molecular weight is 352 g/mol. The molecular formula is C18H12N2O6. The molecular weight excluding hydrogens is 340 g/mol. The Kier molecular flexibility index (Phi) is 6.55. The van der Waals surface area contributed by atoms with Crippen molar-refractivity contribution >= 4 is 24.1 Å². The Morgan fingerprint density at radius 3 is 2.15 bits per heavy atom. The molecule has 0 radical (unpaired) electrons. The summed E-state index contributed by atoms with van der Waals surface area (Å²) in [5.41, 5.74) is -0.535. The maximum atomic E-state index is 11.8. The van der Waals surface area contributed by atoms with Crippen LogP contribution < -0.4 is 0 Å². The minimum atomic E-state index is -0.878. The van der Waals surface area contributed by atoms with Crippen LogP contribution in [0.4, 0.5) is 0 Å². The molecule has 2 rings (SSSR count). The molecule has 0 aliphatic rings. The molecule has 0 aliphatic carbocycles. The van der Waals surface area contributed by atoms with Crippen LogP contribution in [0.3, 0.4) is 0 Å². The molecule has 0 atom stereocenters. The van der Waals surface area contributed by atoms with Crippen molar-refractivity contribution < 1.29 is 27.9 Å². The van der Waals surface area contributed by atoms with E-state index in [0.29, 0.717) is 11.5 Å². The molecule has 8 nitrogen and oxygen atoms in total. The number of hydrogen-bond acceptors (Lipinski definition) is 7. The molecule has 0 aromatic carbocycles. The highest BCUT2D eigenvalue weighted by Gasteiger charge is 2.14. The van der Waals surface area contributed by atoms with Crippen molar-refractivity contribution in [2.45, 2.75) is 0 Å². The normalized spacial score (nSPS) is 11.3. The molecule has 2 heterocycles. The Morgan fingerprint density at radius 2 is 1.65 bits per heavy atom. The fraction of sp³-hybridized carbons (Fsp3) is 0.111. The maximum Gasteiger partial charge on any atom is 0.349 e. The van der Waals surface area contributed by atoms with Gasteiger partial charge in [-0.05, 0) is 30.3 Å². The van der Waals surface area contributed by atoms with Gasteiger partial charge in [-0.15, -0.1) is 0 Å². The lowest BCUT2D eigenvalue weighted by Gasteiger charge is -2.05. The largest absolute Gasteiger partial charge is 0.467 e. The zero-order valence-corrected chi connectivity index (χ0v) is 13.4. The van der Waals surface area contributed by atoms with Gasteiger partial charge < -0.3 is 18.3 Å². The Hall–Kier alpha value is -4.04. The summed E-state index contributed by atoms with van der Waals surface area (Å²) in [6, 6.07) is 8.07. The Balaban J connectivity index is 1.82. The summed E-state index contributed by atoms with van der Waals surface area (Å²) in [7, 11) is 0. The van der Waals surface area contributed by atoms with Crippen LogP contribution in [0.1, 0.15) is 11.5 Å². The molecule has 0 amide bonds. The Bertz CT molecular complexity index is 816. The van der Waals surface area contributed by atoms with E-state index in [2.05, 4.69) is 4.85 Å². The summed E-state index contributed by atoms with van der Waals surface area (Å²) in [5, 5.41) is 8.97. The summed E-state index contributed by atoms with van der Waals surface area (Å²) >= 11 is 0. The molecule has 0 spiro atoms. The van der Waals surface area contributed by atoms with Gasteiger partial charge in [0.15, 0.2) is 0 Å². The summed E-state index contributed by atoms with van der Waals surface area (Å²) in [6.07, 6.45) is 5.27. The van der Waals surface area contributed by atoms with Gasteiger partial charge in [0, 0.05) is 6.08 Å². The van der Waals surface area contributed by atoms with Crippen LogP contribution in [0.25, 0.3) is 17.0 Å². The van der Waals surface area contributed by atoms with Crippen LogP contribution in [0, 0.1) is 17.9 Å². The lowest BCUT2D eigenvalue weighted by Crippen LogP contribution is -2.15. The lowest BCUT2D eigenvalue weighted by atomic mass is 10.2. The number of nitriles is 1. The van der Waals surface area contributed by atoms with Crippen LogP contribution >= 0.6 is 0 Å². The molecule has 0 saturated carbocycles. The fourth-order valence-electron chi connectivity index (χ4n) is 1.72. The number of hydrogen-bond donors (Lipinski definition) is 0. The van der Waals surface area contributed by atoms with Crippen molar-refractivity contribution in [1.82, 2.24) is 0 Å².